The number of benzene rings is 2. The molecule has 0 fully saturated rings. The third-order valence-corrected chi connectivity index (χ3v) is 4.94. The molecule has 0 atom stereocenters. The van der Waals surface area contributed by atoms with Crippen molar-refractivity contribution in [1.29, 1.82) is 0 Å². The summed E-state index contributed by atoms with van der Waals surface area (Å²) >= 11 is 1.41. The number of nitrogens with zero attached hydrogens (tertiary/aromatic N) is 1. The average molecular weight is 366 g/mol. The molecule has 0 unspecified atom stereocenters. The van der Waals surface area contributed by atoms with Crippen LogP contribution in [0.3, 0.4) is 0 Å². The summed E-state index contributed by atoms with van der Waals surface area (Å²) in [6.07, 6.45) is 1.15. The Bertz CT molecular complexity index is 934. The van der Waals surface area contributed by atoms with Gasteiger partial charge >= 0.3 is 0 Å². The molecule has 0 saturated carbocycles. The van der Waals surface area contributed by atoms with E-state index in [0.29, 0.717) is 18.0 Å². The number of aryl methyl sites for hydroxylation is 2. The quantitative estimate of drug-likeness (QED) is 0.726. The fourth-order valence-electron chi connectivity index (χ4n) is 2.71. The summed E-state index contributed by atoms with van der Waals surface area (Å²) in [5.41, 5.74) is 4.12. The highest BCUT2D eigenvalue weighted by atomic mass is 32.1. The van der Waals surface area contributed by atoms with Crippen LogP contribution in [0.4, 0.5) is 5.13 Å². The van der Waals surface area contributed by atoms with Crippen LogP contribution in [0.5, 0.6) is 11.5 Å². The maximum absolute atomic E-state index is 12.2. The number of carbonyl (C=O) groups excluding carboxylic acids is 1. The predicted octanol–water partition coefficient (Wildman–Crippen LogP) is 4.42. The monoisotopic (exact) mass is 366 g/mol. The molecule has 132 valence electrons. The van der Waals surface area contributed by atoms with Crippen LogP contribution in [0.1, 0.15) is 17.5 Å². The van der Waals surface area contributed by atoms with Crippen molar-refractivity contribution in [2.45, 2.75) is 19.8 Å². The number of thiazole rings is 1. The first-order valence-electron chi connectivity index (χ1n) is 8.38. The molecule has 1 aliphatic rings. The number of nitrogens with one attached hydrogen (secondary N) is 1. The lowest BCUT2D eigenvalue weighted by molar-refractivity contribution is -0.116. The van der Waals surface area contributed by atoms with Gasteiger partial charge in [0.15, 0.2) is 16.6 Å². The van der Waals surface area contributed by atoms with Crippen LogP contribution in [0.2, 0.25) is 0 Å². The largest absolute Gasteiger partial charge is 0.454 e. The topological polar surface area (TPSA) is 60.5 Å². The van der Waals surface area contributed by atoms with Gasteiger partial charge < -0.3 is 14.8 Å². The van der Waals surface area contributed by atoms with E-state index in [4.69, 9.17) is 9.47 Å². The summed E-state index contributed by atoms with van der Waals surface area (Å²) in [7, 11) is 0. The van der Waals surface area contributed by atoms with Crippen molar-refractivity contribution >= 4 is 22.4 Å². The molecule has 3 aromatic rings. The lowest BCUT2D eigenvalue weighted by Gasteiger charge is -2.03. The van der Waals surface area contributed by atoms with Gasteiger partial charge in [-0.3, -0.25) is 4.79 Å². The van der Waals surface area contributed by atoms with Crippen molar-refractivity contribution < 1.29 is 14.3 Å². The molecule has 1 amide bonds. The van der Waals surface area contributed by atoms with Crippen molar-refractivity contribution in [3.8, 4) is 22.8 Å². The Morgan fingerprint density at radius 3 is 2.81 bits per heavy atom. The molecule has 0 bridgehead atoms. The molecule has 0 spiro atoms. The number of amides is 1. The first-order chi connectivity index (χ1) is 12.7. The molecule has 0 radical (unpaired) electrons. The van der Waals surface area contributed by atoms with Gasteiger partial charge in [0.1, 0.15) is 0 Å². The lowest BCUT2D eigenvalue weighted by atomic mass is 10.1. The molecule has 4 rings (SSSR count). The van der Waals surface area contributed by atoms with E-state index in [9.17, 15) is 4.79 Å². The molecular weight excluding hydrogens is 348 g/mol. The Hall–Kier alpha value is -2.86. The molecule has 2 heterocycles. The third kappa shape index (κ3) is 3.70. The second-order valence-electron chi connectivity index (χ2n) is 6.14. The molecule has 1 N–H and O–H groups in total. The predicted molar refractivity (Wildman–Crippen MR) is 102 cm³/mol. The lowest BCUT2D eigenvalue weighted by Crippen LogP contribution is -2.12. The van der Waals surface area contributed by atoms with Crippen molar-refractivity contribution in [2.24, 2.45) is 0 Å². The van der Waals surface area contributed by atoms with Gasteiger partial charge in [-0.25, -0.2) is 4.98 Å². The van der Waals surface area contributed by atoms with Crippen LogP contribution in [0.25, 0.3) is 11.3 Å². The second kappa shape index (κ2) is 7.17. The summed E-state index contributed by atoms with van der Waals surface area (Å²) in [6.45, 7) is 2.30. The van der Waals surface area contributed by atoms with Crippen LogP contribution >= 0.6 is 11.3 Å². The van der Waals surface area contributed by atoms with Gasteiger partial charge in [0, 0.05) is 17.4 Å². The van der Waals surface area contributed by atoms with Crippen molar-refractivity contribution in [3.63, 3.8) is 0 Å². The van der Waals surface area contributed by atoms with E-state index < -0.39 is 0 Å². The Morgan fingerprint density at radius 2 is 1.96 bits per heavy atom. The number of hydrogen-bond donors (Lipinski definition) is 1. The van der Waals surface area contributed by atoms with E-state index in [1.54, 1.807) is 0 Å². The fourth-order valence-corrected chi connectivity index (χ4v) is 3.45. The summed E-state index contributed by atoms with van der Waals surface area (Å²) in [5.74, 6) is 1.44. The summed E-state index contributed by atoms with van der Waals surface area (Å²) in [4.78, 5) is 16.7. The molecule has 6 heteroatoms. The Balaban J connectivity index is 1.37. The highest BCUT2D eigenvalue weighted by molar-refractivity contribution is 7.14. The van der Waals surface area contributed by atoms with Gasteiger partial charge in [0.25, 0.3) is 0 Å². The van der Waals surface area contributed by atoms with Crippen LogP contribution in [-0.2, 0) is 11.2 Å². The van der Waals surface area contributed by atoms with Crippen molar-refractivity contribution in [3.05, 3.63) is 59.0 Å². The van der Waals surface area contributed by atoms with E-state index >= 15 is 0 Å². The number of anilines is 1. The number of fused-ring (bicyclic) bond motifs is 1. The zero-order chi connectivity index (χ0) is 17.9. The first-order valence-corrected chi connectivity index (χ1v) is 9.26. The minimum atomic E-state index is -0.0304. The maximum atomic E-state index is 12.2. The third-order valence-electron chi connectivity index (χ3n) is 4.18. The molecule has 2 aromatic carbocycles. The molecule has 1 aliphatic heterocycles. The van der Waals surface area contributed by atoms with Gasteiger partial charge in [-0.1, -0.05) is 29.8 Å². The van der Waals surface area contributed by atoms with Crippen LogP contribution in [0.15, 0.2) is 47.8 Å². The molecule has 0 saturated heterocycles. The smallest absolute Gasteiger partial charge is 0.231 e. The summed E-state index contributed by atoms with van der Waals surface area (Å²) < 4.78 is 10.7. The Morgan fingerprint density at radius 1 is 1.15 bits per heavy atom. The Labute approximate surface area is 155 Å². The highest BCUT2D eigenvalue weighted by Crippen LogP contribution is 2.36. The van der Waals surface area contributed by atoms with E-state index in [2.05, 4.69) is 41.5 Å². The van der Waals surface area contributed by atoms with Crippen molar-refractivity contribution in [1.82, 2.24) is 4.98 Å². The SMILES string of the molecule is Cc1ccc(CCC(=O)Nc2nc(-c3ccc4c(c3)OCO4)cs2)cc1. The van der Waals surface area contributed by atoms with Crippen LogP contribution < -0.4 is 14.8 Å². The highest BCUT2D eigenvalue weighted by Gasteiger charge is 2.15. The normalized spacial score (nSPS) is 12.2. The molecule has 0 aliphatic carbocycles. The van der Waals surface area contributed by atoms with Crippen LogP contribution in [-0.4, -0.2) is 17.7 Å². The molecular formula is C20H18N2O3S. The van der Waals surface area contributed by atoms with E-state index in [-0.39, 0.29) is 12.7 Å². The molecule has 5 nitrogen and oxygen atoms in total. The van der Waals surface area contributed by atoms with E-state index in [1.165, 1.54) is 16.9 Å². The molecule has 26 heavy (non-hydrogen) atoms. The number of hydrogen-bond acceptors (Lipinski definition) is 5. The van der Waals surface area contributed by atoms with E-state index in [1.807, 2.05) is 23.6 Å². The zero-order valence-corrected chi connectivity index (χ0v) is 15.1. The van der Waals surface area contributed by atoms with Gasteiger partial charge in [-0.15, -0.1) is 11.3 Å². The number of carbonyl (C=O) groups is 1. The van der Waals surface area contributed by atoms with Gasteiger partial charge in [0.05, 0.1) is 5.69 Å². The number of ether oxygens (including phenoxy) is 2. The maximum Gasteiger partial charge on any atom is 0.231 e. The first kappa shape index (κ1) is 16.6. The minimum absolute atomic E-state index is 0.0304. The van der Waals surface area contributed by atoms with Gasteiger partial charge in [0.2, 0.25) is 12.7 Å². The summed E-state index contributed by atoms with van der Waals surface area (Å²) in [6, 6.07) is 14.0. The Kier molecular flexibility index (Phi) is 4.58. The number of rotatable bonds is 5. The zero-order valence-electron chi connectivity index (χ0n) is 14.3. The van der Waals surface area contributed by atoms with E-state index in [0.717, 1.165) is 28.3 Å². The fraction of sp³-hybridized carbons (Fsp3) is 0.200. The molecule has 1 aromatic heterocycles. The van der Waals surface area contributed by atoms with Gasteiger partial charge in [-0.05, 0) is 37.1 Å². The minimum Gasteiger partial charge on any atom is -0.454 e. The van der Waals surface area contributed by atoms with Crippen molar-refractivity contribution in [2.75, 3.05) is 12.1 Å². The van der Waals surface area contributed by atoms with Gasteiger partial charge in [-0.2, -0.15) is 0 Å². The summed E-state index contributed by atoms with van der Waals surface area (Å²) in [5, 5.41) is 5.41. The standard InChI is InChI=1S/C20H18N2O3S/c1-13-2-4-14(5-3-13)6-9-19(23)22-20-21-16(11-26-20)15-7-8-17-18(10-15)25-12-24-17/h2-5,7-8,10-11H,6,9,12H2,1H3,(H,21,22,23). The average Bonchev–Trinajstić information content (AvgIpc) is 3.29. The van der Waals surface area contributed by atoms with Crippen LogP contribution in [0, 0.1) is 6.92 Å². The number of aromatic nitrogens is 1. The second-order valence-corrected chi connectivity index (χ2v) is 7.00.